The number of halogens is 1. The Kier molecular flexibility index (Phi) is 3.46. The molecule has 1 aromatic carbocycles. The van der Waals surface area contributed by atoms with Crippen molar-refractivity contribution in [3.63, 3.8) is 0 Å². The Bertz CT molecular complexity index is 610. The van der Waals surface area contributed by atoms with Crippen LogP contribution in [0.25, 0.3) is 0 Å². The molecule has 0 radical (unpaired) electrons. The van der Waals surface area contributed by atoms with Crippen LogP contribution in [0, 0.1) is 15.9 Å². The lowest BCUT2D eigenvalue weighted by Gasteiger charge is -2.04. The van der Waals surface area contributed by atoms with Crippen molar-refractivity contribution in [2.24, 2.45) is 0 Å². The van der Waals surface area contributed by atoms with Gasteiger partial charge in [-0.3, -0.25) is 14.8 Å². The molecule has 100 valence electrons. The van der Waals surface area contributed by atoms with Gasteiger partial charge in [0, 0.05) is 12.1 Å². The number of rotatable bonds is 4. The first-order valence-corrected chi connectivity index (χ1v) is 5.62. The fourth-order valence-corrected chi connectivity index (χ4v) is 1.50. The van der Waals surface area contributed by atoms with Crippen LogP contribution in [0.2, 0.25) is 0 Å². The Balaban J connectivity index is 2.24. The molecule has 0 unspecified atom stereocenters. The Morgan fingerprint density at radius 2 is 2.11 bits per heavy atom. The number of ether oxygens (including phenoxy) is 1. The standard InChI is InChI=1S/C12H12FN3O3/c1-8(2)15-7-12(6-14-15)19-11-4-9(13)3-10(5-11)16(17)18/h3-8H,1-2H3. The largest absolute Gasteiger partial charge is 0.454 e. The van der Waals surface area contributed by atoms with E-state index >= 15 is 0 Å². The van der Waals surface area contributed by atoms with Gasteiger partial charge in [0.05, 0.1) is 29.4 Å². The third kappa shape index (κ3) is 3.06. The molecule has 0 amide bonds. The summed E-state index contributed by atoms with van der Waals surface area (Å²) in [7, 11) is 0. The maximum atomic E-state index is 13.2. The summed E-state index contributed by atoms with van der Waals surface area (Å²) in [5.41, 5.74) is -0.355. The summed E-state index contributed by atoms with van der Waals surface area (Å²) in [6.07, 6.45) is 3.11. The molecule has 1 aromatic heterocycles. The van der Waals surface area contributed by atoms with Crippen molar-refractivity contribution in [3.05, 3.63) is 46.5 Å². The number of nitrogens with zero attached hydrogens (tertiary/aromatic N) is 3. The summed E-state index contributed by atoms with van der Waals surface area (Å²) in [6.45, 7) is 3.90. The molecule has 0 aliphatic carbocycles. The van der Waals surface area contributed by atoms with E-state index in [9.17, 15) is 14.5 Å². The average Bonchev–Trinajstić information content (AvgIpc) is 2.76. The lowest BCUT2D eigenvalue weighted by atomic mass is 10.3. The molecule has 0 aliphatic heterocycles. The van der Waals surface area contributed by atoms with E-state index in [1.165, 1.54) is 6.20 Å². The van der Waals surface area contributed by atoms with Gasteiger partial charge in [0.1, 0.15) is 11.6 Å². The summed E-state index contributed by atoms with van der Waals surface area (Å²) in [6, 6.07) is 3.25. The van der Waals surface area contributed by atoms with Gasteiger partial charge >= 0.3 is 0 Å². The predicted octanol–water partition coefficient (Wildman–Crippen LogP) is 3.30. The van der Waals surface area contributed by atoms with Gasteiger partial charge in [-0.25, -0.2) is 4.39 Å². The number of hydrogen-bond acceptors (Lipinski definition) is 4. The molecule has 0 bridgehead atoms. The Morgan fingerprint density at radius 3 is 2.68 bits per heavy atom. The molecular weight excluding hydrogens is 253 g/mol. The molecule has 19 heavy (non-hydrogen) atoms. The van der Waals surface area contributed by atoms with Gasteiger partial charge in [-0.1, -0.05) is 0 Å². The fourth-order valence-electron chi connectivity index (χ4n) is 1.50. The van der Waals surface area contributed by atoms with E-state index in [4.69, 9.17) is 4.74 Å². The quantitative estimate of drug-likeness (QED) is 0.628. The van der Waals surface area contributed by atoms with E-state index in [0.717, 1.165) is 18.2 Å². The van der Waals surface area contributed by atoms with Crippen molar-refractivity contribution in [2.75, 3.05) is 0 Å². The minimum Gasteiger partial charge on any atom is -0.454 e. The Labute approximate surface area is 108 Å². The number of aromatic nitrogens is 2. The maximum absolute atomic E-state index is 13.2. The number of non-ortho nitro benzene ring substituents is 1. The molecule has 0 atom stereocenters. The van der Waals surface area contributed by atoms with Gasteiger partial charge in [0.15, 0.2) is 5.75 Å². The number of nitro groups is 1. The minimum absolute atomic E-state index is 0.0648. The van der Waals surface area contributed by atoms with Gasteiger partial charge in [0.2, 0.25) is 0 Å². The smallest absolute Gasteiger partial charge is 0.276 e. The monoisotopic (exact) mass is 265 g/mol. The highest BCUT2D eigenvalue weighted by atomic mass is 19.1. The lowest BCUT2D eigenvalue weighted by molar-refractivity contribution is -0.385. The number of nitro benzene ring substituents is 1. The molecular formula is C12H12FN3O3. The zero-order valence-corrected chi connectivity index (χ0v) is 10.4. The van der Waals surface area contributed by atoms with Crippen molar-refractivity contribution in [1.82, 2.24) is 9.78 Å². The van der Waals surface area contributed by atoms with Gasteiger partial charge < -0.3 is 4.74 Å². The highest BCUT2D eigenvalue weighted by Crippen LogP contribution is 2.26. The molecule has 0 spiro atoms. The van der Waals surface area contributed by atoms with Crippen LogP contribution in [0.3, 0.4) is 0 Å². The topological polar surface area (TPSA) is 70.2 Å². The van der Waals surface area contributed by atoms with E-state index in [0.29, 0.717) is 5.75 Å². The van der Waals surface area contributed by atoms with E-state index in [1.807, 2.05) is 13.8 Å². The second-order valence-corrected chi connectivity index (χ2v) is 4.25. The molecule has 0 fully saturated rings. The van der Waals surface area contributed by atoms with Crippen molar-refractivity contribution in [3.8, 4) is 11.5 Å². The molecule has 7 heteroatoms. The van der Waals surface area contributed by atoms with Crippen LogP contribution in [0.15, 0.2) is 30.6 Å². The maximum Gasteiger partial charge on any atom is 0.276 e. The molecule has 0 saturated carbocycles. The Morgan fingerprint density at radius 1 is 1.37 bits per heavy atom. The molecule has 0 saturated heterocycles. The van der Waals surface area contributed by atoms with Crippen LogP contribution in [0.1, 0.15) is 19.9 Å². The van der Waals surface area contributed by atoms with Crippen molar-refractivity contribution >= 4 is 5.69 Å². The third-order valence-corrected chi connectivity index (χ3v) is 2.41. The summed E-state index contributed by atoms with van der Waals surface area (Å²) >= 11 is 0. The highest BCUT2D eigenvalue weighted by Gasteiger charge is 2.12. The first-order valence-electron chi connectivity index (χ1n) is 5.62. The normalized spacial score (nSPS) is 10.7. The minimum atomic E-state index is -0.722. The molecule has 1 heterocycles. The first kappa shape index (κ1) is 13.0. The second kappa shape index (κ2) is 5.05. The SMILES string of the molecule is CC(C)n1cc(Oc2cc(F)cc([N+](=O)[O-])c2)cn1. The fraction of sp³-hybridized carbons (Fsp3) is 0.250. The van der Waals surface area contributed by atoms with E-state index in [1.54, 1.807) is 10.9 Å². The van der Waals surface area contributed by atoms with Crippen LogP contribution in [-0.4, -0.2) is 14.7 Å². The van der Waals surface area contributed by atoms with Gasteiger partial charge in [0.25, 0.3) is 5.69 Å². The zero-order chi connectivity index (χ0) is 14.0. The van der Waals surface area contributed by atoms with E-state index in [-0.39, 0.29) is 17.5 Å². The average molecular weight is 265 g/mol. The summed E-state index contributed by atoms with van der Waals surface area (Å²) in [5.74, 6) is -0.260. The second-order valence-electron chi connectivity index (χ2n) is 4.25. The molecule has 0 aliphatic rings. The van der Waals surface area contributed by atoms with Gasteiger partial charge in [-0.2, -0.15) is 5.10 Å². The first-order chi connectivity index (χ1) is 8.95. The van der Waals surface area contributed by atoms with Crippen LogP contribution in [0.5, 0.6) is 11.5 Å². The lowest BCUT2D eigenvalue weighted by Crippen LogP contribution is -1.99. The Hall–Kier alpha value is -2.44. The molecule has 2 rings (SSSR count). The third-order valence-electron chi connectivity index (χ3n) is 2.41. The van der Waals surface area contributed by atoms with Gasteiger partial charge in [-0.15, -0.1) is 0 Å². The van der Waals surface area contributed by atoms with E-state index < -0.39 is 10.7 Å². The predicted molar refractivity (Wildman–Crippen MR) is 65.7 cm³/mol. The summed E-state index contributed by atoms with van der Waals surface area (Å²) in [4.78, 5) is 9.94. The number of hydrogen-bond donors (Lipinski definition) is 0. The highest BCUT2D eigenvalue weighted by molar-refractivity contribution is 5.40. The zero-order valence-electron chi connectivity index (χ0n) is 10.4. The van der Waals surface area contributed by atoms with Crippen LogP contribution in [0.4, 0.5) is 10.1 Å². The summed E-state index contributed by atoms with van der Waals surface area (Å²) in [5, 5.41) is 14.7. The van der Waals surface area contributed by atoms with Crippen LogP contribution < -0.4 is 4.74 Å². The van der Waals surface area contributed by atoms with E-state index in [2.05, 4.69) is 5.10 Å². The van der Waals surface area contributed by atoms with Crippen LogP contribution in [-0.2, 0) is 0 Å². The number of benzene rings is 1. The molecule has 6 nitrogen and oxygen atoms in total. The summed E-state index contributed by atoms with van der Waals surface area (Å²) < 4.78 is 20.2. The van der Waals surface area contributed by atoms with Crippen molar-refractivity contribution in [1.29, 1.82) is 0 Å². The van der Waals surface area contributed by atoms with Crippen molar-refractivity contribution < 1.29 is 14.1 Å². The molecule has 0 N–H and O–H groups in total. The van der Waals surface area contributed by atoms with Crippen LogP contribution >= 0.6 is 0 Å². The van der Waals surface area contributed by atoms with Crippen molar-refractivity contribution in [2.45, 2.75) is 19.9 Å². The van der Waals surface area contributed by atoms with Gasteiger partial charge in [-0.05, 0) is 13.8 Å². The molecule has 2 aromatic rings.